The van der Waals surface area contributed by atoms with Crippen LogP contribution in [-0.2, 0) is 19.6 Å². The van der Waals surface area contributed by atoms with Crippen LogP contribution in [0.2, 0.25) is 0 Å². The average Bonchev–Trinajstić information content (AvgIpc) is 2.99. The van der Waals surface area contributed by atoms with E-state index in [4.69, 9.17) is 0 Å². The van der Waals surface area contributed by atoms with Crippen molar-refractivity contribution in [3.8, 4) is 0 Å². The average molecular weight is 273 g/mol. The topological polar surface area (TPSA) is 47.7 Å². The summed E-state index contributed by atoms with van der Waals surface area (Å²) in [4.78, 5) is 0. The Hall–Kier alpha value is -1.83. The zero-order valence-corrected chi connectivity index (χ0v) is 10.1. The number of nitrogens with zero attached hydrogens (tertiary/aromatic N) is 4. The Bertz CT molecular complexity index is 508. The first kappa shape index (κ1) is 13.6. The lowest BCUT2D eigenvalue weighted by Crippen LogP contribution is -2.17. The van der Waals surface area contributed by atoms with E-state index in [1.165, 1.54) is 16.9 Å². The maximum atomic E-state index is 12.5. The van der Waals surface area contributed by atoms with Gasteiger partial charge in [0.2, 0.25) is 0 Å². The number of hydrogen-bond donors (Lipinski definition) is 1. The molecule has 0 radical (unpaired) electrons. The second-order valence-corrected chi connectivity index (χ2v) is 3.91. The number of aryl methyl sites for hydroxylation is 1. The molecular weight excluding hydrogens is 259 g/mol. The lowest BCUT2D eigenvalue weighted by molar-refractivity contribution is 0.0531. The van der Waals surface area contributed by atoms with E-state index in [0.717, 1.165) is 5.69 Å². The van der Waals surface area contributed by atoms with Crippen molar-refractivity contribution in [2.75, 3.05) is 6.67 Å². The third-order valence-electron chi connectivity index (χ3n) is 2.56. The molecule has 0 fully saturated rings. The van der Waals surface area contributed by atoms with Crippen LogP contribution in [0, 0.1) is 0 Å². The molecular formula is C11H14F3N5. The van der Waals surface area contributed by atoms with Crippen molar-refractivity contribution in [2.45, 2.75) is 26.2 Å². The Labute approximate surface area is 108 Å². The molecule has 1 N–H and O–H groups in total. The summed E-state index contributed by atoms with van der Waals surface area (Å²) in [6.07, 6.45) is 3.01. The number of aromatic nitrogens is 4. The predicted octanol–water partition coefficient (Wildman–Crippen LogP) is 1.73. The maximum Gasteiger partial charge on any atom is 0.333 e. The van der Waals surface area contributed by atoms with Crippen molar-refractivity contribution in [1.82, 2.24) is 24.9 Å². The second-order valence-electron chi connectivity index (χ2n) is 3.91. The van der Waals surface area contributed by atoms with E-state index in [9.17, 15) is 13.2 Å². The maximum absolute atomic E-state index is 12.5. The van der Waals surface area contributed by atoms with Crippen LogP contribution in [0.15, 0.2) is 24.5 Å². The van der Waals surface area contributed by atoms with Crippen LogP contribution < -0.4 is 5.32 Å². The molecule has 0 unspecified atom stereocenters. The zero-order chi connectivity index (χ0) is 13.7. The van der Waals surface area contributed by atoms with Crippen LogP contribution in [0.1, 0.15) is 17.9 Å². The lowest BCUT2D eigenvalue weighted by atomic mass is 10.4. The van der Waals surface area contributed by atoms with Gasteiger partial charge in [-0.05, 0) is 12.1 Å². The molecule has 0 aliphatic heterocycles. The highest BCUT2D eigenvalue weighted by molar-refractivity contribution is 5.02. The minimum Gasteiger partial charge on any atom is -0.305 e. The Balaban J connectivity index is 1.84. The quantitative estimate of drug-likeness (QED) is 0.835. The summed E-state index contributed by atoms with van der Waals surface area (Å²) >= 11 is 0. The fraction of sp³-hybridized carbons (Fsp3) is 0.455. The number of hydrogen-bond acceptors (Lipinski definition) is 3. The minimum absolute atomic E-state index is 0.220. The third kappa shape index (κ3) is 3.57. The molecule has 19 heavy (non-hydrogen) atoms. The molecule has 0 aliphatic carbocycles. The first-order chi connectivity index (χ1) is 9.20. The molecule has 0 amide bonds. The van der Waals surface area contributed by atoms with Crippen molar-refractivity contribution >= 4 is 0 Å². The Morgan fingerprint density at radius 3 is 2.84 bits per heavy atom. The molecule has 5 nitrogen and oxygen atoms in total. The van der Waals surface area contributed by atoms with Crippen LogP contribution >= 0.6 is 0 Å². The van der Waals surface area contributed by atoms with Gasteiger partial charge in [-0.1, -0.05) is 0 Å². The van der Waals surface area contributed by atoms with Gasteiger partial charge >= 0.3 is 6.55 Å². The standard InChI is InChI=1S/C11H14F3N5/c12-3-6-18-5-2-9(17-18)7-15-8-10-1-4-16-19(10)11(13)14/h1-2,4-5,11,15H,3,6-8H2. The summed E-state index contributed by atoms with van der Waals surface area (Å²) in [5.74, 6) is 0. The molecule has 0 saturated heterocycles. The van der Waals surface area contributed by atoms with Gasteiger partial charge in [0, 0.05) is 25.5 Å². The Kier molecular flexibility index (Phi) is 4.56. The summed E-state index contributed by atoms with van der Waals surface area (Å²) in [6.45, 7) is -2.20. The molecule has 2 heterocycles. The van der Waals surface area contributed by atoms with Crippen LogP contribution in [0.4, 0.5) is 13.2 Å². The van der Waals surface area contributed by atoms with Gasteiger partial charge in [-0.3, -0.25) is 4.68 Å². The second kappa shape index (κ2) is 6.37. The zero-order valence-electron chi connectivity index (χ0n) is 10.1. The van der Waals surface area contributed by atoms with Crippen LogP contribution in [0.25, 0.3) is 0 Å². The SMILES string of the molecule is FCCn1ccc(CNCc2ccnn2C(F)F)n1. The van der Waals surface area contributed by atoms with Crippen molar-refractivity contribution in [3.63, 3.8) is 0 Å². The highest BCUT2D eigenvalue weighted by atomic mass is 19.3. The summed E-state index contributed by atoms with van der Waals surface area (Å²) in [5.41, 5.74) is 1.13. The highest BCUT2D eigenvalue weighted by Crippen LogP contribution is 2.11. The number of nitrogens with one attached hydrogen (secondary N) is 1. The lowest BCUT2D eigenvalue weighted by Gasteiger charge is -2.06. The predicted molar refractivity (Wildman–Crippen MR) is 62.2 cm³/mol. The van der Waals surface area contributed by atoms with Gasteiger partial charge in [-0.2, -0.15) is 19.0 Å². The summed E-state index contributed by atoms with van der Waals surface area (Å²) in [5, 5.41) is 10.6. The molecule has 0 spiro atoms. The van der Waals surface area contributed by atoms with Crippen LogP contribution in [0.5, 0.6) is 0 Å². The molecule has 104 valence electrons. The molecule has 2 aromatic rings. The molecule has 2 rings (SSSR count). The van der Waals surface area contributed by atoms with Gasteiger partial charge in [-0.15, -0.1) is 0 Å². The summed E-state index contributed by atoms with van der Waals surface area (Å²) in [7, 11) is 0. The minimum atomic E-state index is -2.64. The van der Waals surface area contributed by atoms with Crippen molar-refractivity contribution in [1.29, 1.82) is 0 Å². The van der Waals surface area contributed by atoms with E-state index in [0.29, 0.717) is 16.9 Å². The van der Waals surface area contributed by atoms with E-state index in [1.807, 2.05) is 0 Å². The van der Waals surface area contributed by atoms with Crippen LogP contribution in [0.3, 0.4) is 0 Å². The first-order valence-corrected chi connectivity index (χ1v) is 5.80. The van der Waals surface area contributed by atoms with E-state index in [2.05, 4.69) is 15.5 Å². The number of halogens is 3. The van der Waals surface area contributed by atoms with Crippen molar-refractivity contribution in [3.05, 3.63) is 35.9 Å². The molecule has 2 aromatic heterocycles. The van der Waals surface area contributed by atoms with Gasteiger partial charge in [0.1, 0.15) is 6.67 Å². The molecule has 0 atom stereocenters. The Morgan fingerprint density at radius 2 is 2.11 bits per heavy atom. The molecule has 0 bridgehead atoms. The van der Waals surface area contributed by atoms with Crippen molar-refractivity contribution < 1.29 is 13.2 Å². The third-order valence-corrected chi connectivity index (χ3v) is 2.56. The van der Waals surface area contributed by atoms with Gasteiger partial charge in [-0.25, -0.2) is 9.07 Å². The monoisotopic (exact) mass is 273 g/mol. The van der Waals surface area contributed by atoms with Gasteiger partial charge in [0.15, 0.2) is 0 Å². The van der Waals surface area contributed by atoms with E-state index in [1.54, 1.807) is 12.3 Å². The van der Waals surface area contributed by atoms with E-state index in [-0.39, 0.29) is 13.1 Å². The molecule has 8 heteroatoms. The highest BCUT2D eigenvalue weighted by Gasteiger charge is 2.10. The summed E-state index contributed by atoms with van der Waals surface area (Å²) in [6, 6.07) is 3.29. The van der Waals surface area contributed by atoms with Crippen molar-refractivity contribution in [2.24, 2.45) is 0 Å². The van der Waals surface area contributed by atoms with Gasteiger partial charge in [0.25, 0.3) is 0 Å². The fourth-order valence-electron chi connectivity index (χ4n) is 1.69. The largest absolute Gasteiger partial charge is 0.333 e. The van der Waals surface area contributed by atoms with Gasteiger partial charge in [0.05, 0.1) is 17.9 Å². The normalized spacial score (nSPS) is 11.4. The molecule has 0 saturated carbocycles. The van der Waals surface area contributed by atoms with Crippen LogP contribution in [-0.4, -0.2) is 26.2 Å². The van der Waals surface area contributed by atoms with Gasteiger partial charge < -0.3 is 5.32 Å². The summed E-state index contributed by atoms with van der Waals surface area (Å²) < 4.78 is 39.3. The van der Waals surface area contributed by atoms with E-state index < -0.39 is 13.2 Å². The fourth-order valence-corrected chi connectivity index (χ4v) is 1.69. The number of alkyl halides is 3. The Morgan fingerprint density at radius 1 is 1.26 bits per heavy atom. The molecule has 0 aromatic carbocycles. The number of rotatable bonds is 7. The van der Waals surface area contributed by atoms with E-state index >= 15 is 0 Å². The smallest absolute Gasteiger partial charge is 0.305 e. The first-order valence-electron chi connectivity index (χ1n) is 5.80. The molecule has 0 aliphatic rings.